The minimum atomic E-state index is -0.569. The number of nitro groups is 1. The number of fused-ring (bicyclic) bond motifs is 1. The molecule has 4 aromatic rings. The number of anilines is 1. The molecule has 4 rings (SSSR count). The fourth-order valence-corrected chi connectivity index (χ4v) is 4.29. The van der Waals surface area contributed by atoms with Crippen molar-refractivity contribution in [1.29, 1.82) is 0 Å². The Hall–Kier alpha value is -4.39. The van der Waals surface area contributed by atoms with Gasteiger partial charge in [-0.2, -0.15) is 0 Å². The molecule has 0 fully saturated rings. The van der Waals surface area contributed by atoms with Crippen LogP contribution in [0.15, 0.2) is 63.3 Å². The standard InChI is InChI=1S/C22H20N6O6S/c1-25-18(11-20(30)26(2)22(25)31)24-19(29)12-35-21-23-14-10-13(28(32)33)8-9-15(14)27(21)16-6-4-5-7-17(16)34-3/h4-11H,12H2,1-3H3,(H,24,29). The molecule has 2 aromatic carbocycles. The van der Waals surface area contributed by atoms with E-state index in [9.17, 15) is 24.5 Å². The molecular weight excluding hydrogens is 476 g/mol. The number of nitro benzene ring substituents is 1. The molecule has 2 heterocycles. The first-order valence-corrected chi connectivity index (χ1v) is 11.2. The Morgan fingerprint density at radius 1 is 1.14 bits per heavy atom. The number of ether oxygens (including phenoxy) is 1. The monoisotopic (exact) mass is 496 g/mol. The van der Waals surface area contributed by atoms with E-state index in [4.69, 9.17) is 4.74 Å². The van der Waals surface area contributed by atoms with Crippen LogP contribution in [0.5, 0.6) is 5.75 Å². The van der Waals surface area contributed by atoms with E-state index in [2.05, 4.69) is 10.3 Å². The summed E-state index contributed by atoms with van der Waals surface area (Å²) < 4.78 is 9.32. The third-order valence-electron chi connectivity index (χ3n) is 5.27. The maximum Gasteiger partial charge on any atom is 0.332 e. The van der Waals surface area contributed by atoms with Crippen molar-refractivity contribution in [3.63, 3.8) is 0 Å². The summed E-state index contributed by atoms with van der Waals surface area (Å²) >= 11 is 1.09. The van der Waals surface area contributed by atoms with Gasteiger partial charge in [-0.15, -0.1) is 0 Å². The summed E-state index contributed by atoms with van der Waals surface area (Å²) in [5, 5.41) is 14.2. The van der Waals surface area contributed by atoms with Crippen LogP contribution < -0.4 is 21.3 Å². The van der Waals surface area contributed by atoms with Gasteiger partial charge in [0.15, 0.2) is 5.16 Å². The summed E-state index contributed by atoms with van der Waals surface area (Å²) in [6.07, 6.45) is 0. The molecule has 0 unspecified atom stereocenters. The van der Waals surface area contributed by atoms with Gasteiger partial charge in [0.1, 0.15) is 11.6 Å². The number of hydrogen-bond donors (Lipinski definition) is 1. The molecule has 0 spiro atoms. The Labute approximate surface area is 201 Å². The second kappa shape index (κ2) is 9.46. The van der Waals surface area contributed by atoms with Crippen molar-refractivity contribution >= 4 is 40.2 Å². The van der Waals surface area contributed by atoms with Gasteiger partial charge < -0.3 is 10.1 Å². The molecule has 0 saturated heterocycles. The molecule has 35 heavy (non-hydrogen) atoms. The number of benzene rings is 2. The minimum absolute atomic E-state index is 0.0672. The maximum atomic E-state index is 12.7. The molecule has 0 aliphatic heterocycles. The van der Waals surface area contributed by atoms with E-state index in [0.29, 0.717) is 27.6 Å². The topological polar surface area (TPSA) is 143 Å². The number of methoxy groups -OCH3 is 1. The van der Waals surface area contributed by atoms with E-state index in [1.807, 2.05) is 6.07 Å². The third-order valence-corrected chi connectivity index (χ3v) is 6.21. The van der Waals surface area contributed by atoms with Gasteiger partial charge >= 0.3 is 5.69 Å². The minimum Gasteiger partial charge on any atom is -0.495 e. The average Bonchev–Trinajstić information content (AvgIpc) is 3.22. The van der Waals surface area contributed by atoms with E-state index in [1.165, 1.54) is 33.3 Å². The smallest absolute Gasteiger partial charge is 0.332 e. The molecule has 0 atom stereocenters. The number of nitrogens with zero attached hydrogens (tertiary/aromatic N) is 5. The molecule has 0 radical (unpaired) electrons. The highest BCUT2D eigenvalue weighted by molar-refractivity contribution is 7.99. The van der Waals surface area contributed by atoms with Gasteiger partial charge in [-0.1, -0.05) is 23.9 Å². The Morgan fingerprint density at radius 2 is 1.89 bits per heavy atom. The lowest BCUT2D eigenvalue weighted by Gasteiger charge is -2.13. The van der Waals surface area contributed by atoms with Crippen LogP contribution in [0.4, 0.5) is 11.5 Å². The van der Waals surface area contributed by atoms with Crippen LogP contribution in [-0.2, 0) is 18.9 Å². The number of carbonyl (C=O) groups is 1. The molecule has 0 aliphatic rings. The molecule has 1 N–H and O–H groups in total. The molecule has 1 amide bonds. The third kappa shape index (κ3) is 4.53. The second-order valence-electron chi connectivity index (χ2n) is 7.44. The zero-order valence-corrected chi connectivity index (χ0v) is 19.7. The van der Waals surface area contributed by atoms with Crippen LogP contribution in [0.2, 0.25) is 0 Å². The highest BCUT2D eigenvalue weighted by atomic mass is 32.2. The normalized spacial score (nSPS) is 10.9. The zero-order valence-electron chi connectivity index (χ0n) is 18.9. The number of para-hydroxylation sites is 2. The number of hydrogen-bond acceptors (Lipinski definition) is 8. The zero-order chi connectivity index (χ0) is 25.3. The molecule has 12 nitrogen and oxygen atoms in total. The van der Waals surface area contributed by atoms with Crippen LogP contribution in [-0.4, -0.2) is 42.4 Å². The molecule has 0 saturated carbocycles. The fourth-order valence-electron chi connectivity index (χ4n) is 3.47. The number of non-ortho nitro benzene ring substituents is 1. The number of imidazole rings is 1. The lowest BCUT2D eigenvalue weighted by Crippen LogP contribution is -2.38. The van der Waals surface area contributed by atoms with Gasteiger partial charge in [-0.05, 0) is 18.2 Å². The van der Waals surface area contributed by atoms with Crippen molar-refractivity contribution in [2.45, 2.75) is 5.16 Å². The van der Waals surface area contributed by atoms with Gasteiger partial charge in [-0.3, -0.25) is 33.4 Å². The molecule has 13 heteroatoms. The van der Waals surface area contributed by atoms with E-state index in [-0.39, 0.29) is 17.3 Å². The van der Waals surface area contributed by atoms with Crippen molar-refractivity contribution < 1.29 is 14.5 Å². The van der Waals surface area contributed by atoms with Crippen LogP contribution in [0.1, 0.15) is 0 Å². The Morgan fingerprint density at radius 3 is 2.60 bits per heavy atom. The SMILES string of the molecule is COc1ccccc1-n1c(SCC(=O)Nc2cc(=O)n(C)c(=O)n2C)nc2cc([N+](=O)[O-])ccc21. The fraction of sp³-hybridized carbons (Fsp3) is 0.182. The van der Waals surface area contributed by atoms with E-state index >= 15 is 0 Å². The van der Waals surface area contributed by atoms with Crippen molar-refractivity contribution in [3.8, 4) is 11.4 Å². The molecule has 0 bridgehead atoms. The van der Waals surface area contributed by atoms with Gasteiger partial charge in [-0.25, -0.2) is 9.78 Å². The van der Waals surface area contributed by atoms with Crippen molar-refractivity contribution in [2.75, 3.05) is 18.2 Å². The maximum absolute atomic E-state index is 12.7. The predicted molar refractivity (Wildman–Crippen MR) is 131 cm³/mol. The number of rotatable bonds is 7. The number of thioether (sulfide) groups is 1. The molecule has 0 aliphatic carbocycles. The largest absolute Gasteiger partial charge is 0.495 e. The van der Waals surface area contributed by atoms with Crippen molar-refractivity contribution in [2.24, 2.45) is 14.1 Å². The first-order valence-electron chi connectivity index (χ1n) is 10.2. The average molecular weight is 497 g/mol. The quantitative estimate of drug-likeness (QED) is 0.233. The van der Waals surface area contributed by atoms with E-state index in [0.717, 1.165) is 27.0 Å². The van der Waals surface area contributed by atoms with Gasteiger partial charge in [0.25, 0.3) is 11.2 Å². The van der Waals surface area contributed by atoms with Crippen molar-refractivity contribution in [1.82, 2.24) is 18.7 Å². The number of amides is 1. The van der Waals surface area contributed by atoms with Crippen LogP contribution in [0.25, 0.3) is 16.7 Å². The van der Waals surface area contributed by atoms with Gasteiger partial charge in [0.2, 0.25) is 5.91 Å². The second-order valence-corrected chi connectivity index (χ2v) is 8.38. The Kier molecular flexibility index (Phi) is 6.42. The molecule has 180 valence electrons. The van der Waals surface area contributed by atoms with E-state index < -0.39 is 22.1 Å². The van der Waals surface area contributed by atoms with Crippen LogP contribution in [0.3, 0.4) is 0 Å². The first kappa shape index (κ1) is 23.8. The summed E-state index contributed by atoms with van der Waals surface area (Å²) in [6.45, 7) is 0. The summed E-state index contributed by atoms with van der Waals surface area (Å²) in [7, 11) is 4.31. The van der Waals surface area contributed by atoms with Crippen LogP contribution in [0, 0.1) is 10.1 Å². The number of nitrogens with one attached hydrogen (secondary N) is 1. The Balaban J connectivity index is 1.69. The number of aromatic nitrogens is 4. The summed E-state index contributed by atoms with van der Waals surface area (Å²) in [6, 6.07) is 12.7. The molecule has 2 aromatic heterocycles. The number of carbonyl (C=O) groups excluding carboxylic acids is 1. The van der Waals surface area contributed by atoms with E-state index in [1.54, 1.807) is 28.8 Å². The Bertz CT molecular complexity index is 1590. The summed E-state index contributed by atoms with van der Waals surface area (Å²) in [5.74, 6) is 0.0382. The van der Waals surface area contributed by atoms with Gasteiger partial charge in [0.05, 0.1) is 34.5 Å². The molecular formula is C22H20N6O6S. The lowest BCUT2D eigenvalue weighted by atomic mass is 10.2. The van der Waals surface area contributed by atoms with Gasteiger partial charge in [0, 0.05) is 32.3 Å². The summed E-state index contributed by atoms with van der Waals surface area (Å²) in [4.78, 5) is 52.0. The first-order chi connectivity index (χ1) is 16.7. The summed E-state index contributed by atoms with van der Waals surface area (Å²) in [5.41, 5.74) is 0.390. The highest BCUT2D eigenvalue weighted by Crippen LogP contribution is 2.33. The van der Waals surface area contributed by atoms with Crippen molar-refractivity contribution in [3.05, 3.63) is 79.5 Å². The lowest BCUT2D eigenvalue weighted by molar-refractivity contribution is -0.384. The highest BCUT2D eigenvalue weighted by Gasteiger charge is 2.20. The van der Waals surface area contributed by atoms with Crippen LogP contribution >= 0.6 is 11.8 Å². The predicted octanol–water partition coefficient (Wildman–Crippen LogP) is 2.07.